The zero-order chi connectivity index (χ0) is 25.6. The van der Waals surface area contributed by atoms with Gasteiger partial charge in [0.1, 0.15) is 18.5 Å². The van der Waals surface area contributed by atoms with Crippen molar-refractivity contribution in [2.75, 3.05) is 34.8 Å². The van der Waals surface area contributed by atoms with E-state index in [1.54, 1.807) is 60.5 Å². The number of amides is 2. The number of halogens is 2. The average Bonchev–Trinajstić information content (AvgIpc) is 2.92. The third kappa shape index (κ3) is 4.21. The number of carbonyl (C=O) groups excluding carboxylic acids is 3. The van der Waals surface area contributed by atoms with Crippen LogP contribution in [0.15, 0.2) is 54.7 Å². The van der Waals surface area contributed by atoms with Crippen LogP contribution in [-0.4, -0.2) is 48.4 Å². The summed E-state index contributed by atoms with van der Waals surface area (Å²) in [6.45, 7) is 3.03. The van der Waals surface area contributed by atoms with Crippen LogP contribution in [-0.2, 0) is 9.59 Å². The Kier molecular flexibility index (Phi) is 5.99. The van der Waals surface area contributed by atoms with Crippen molar-refractivity contribution in [1.82, 2.24) is 4.98 Å². The number of rotatable bonds is 5. The van der Waals surface area contributed by atoms with E-state index in [0.29, 0.717) is 28.2 Å². The lowest BCUT2D eigenvalue weighted by molar-refractivity contribution is -0.122. The van der Waals surface area contributed by atoms with Gasteiger partial charge in [0.25, 0.3) is 0 Å². The molecule has 3 heterocycles. The second-order valence-corrected chi connectivity index (χ2v) is 9.09. The number of alkyl halides is 1. The van der Waals surface area contributed by atoms with E-state index < -0.39 is 29.7 Å². The molecule has 0 aliphatic carbocycles. The zero-order valence-electron chi connectivity index (χ0n) is 19.8. The van der Waals surface area contributed by atoms with Gasteiger partial charge in [-0.2, -0.15) is 0 Å². The van der Waals surface area contributed by atoms with Gasteiger partial charge in [-0.3, -0.25) is 19.4 Å². The maximum absolute atomic E-state index is 15.6. The van der Waals surface area contributed by atoms with Crippen molar-refractivity contribution in [3.8, 4) is 11.1 Å². The first-order chi connectivity index (χ1) is 17.2. The smallest absolute Gasteiger partial charge is 0.244 e. The van der Waals surface area contributed by atoms with Crippen molar-refractivity contribution >= 4 is 34.7 Å². The monoisotopic (exact) mass is 490 g/mol. The van der Waals surface area contributed by atoms with E-state index >= 15 is 4.39 Å². The molecule has 36 heavy (non-hydrogen) atoms. The molecule has 1 atom stereocenters. The normalized spacial score (nSPS) is 17.1. The highest BCUT2D eigenvalue weighted by molar-refractivity contribution is 6.09. The van der Waals surface area contributed by atoms with Crippen molar-refractivity contribution in [2.24, 2.45) is 0 Å². The highest BCUT2D eigenvalue weighted by Crippen LogP contribution is 2.44. The Morgan fingerprint density at radius 3 is 2.53 bits per heavy atom. The second kappa shape index (κ2) is 9.14. The Bertz CT molecular complexity index is 1370. The van der Waals surface area contributed by atoms with E-state index in [4.69, 9.17) is 0 Å². The fraction of sp³-hybridized carbons (Fsp3) is 0.259. The molecule has 1 aromatic heterocycles. The molecule has 1 unspecified atom stereocenters. The summed E-state index contributed by atoms with van der Waals surface area (Å²) in [7, 11) is 0. The summed E-state index contributed by atoms with van der Waals surface area (Å²) in [5, 5.41) is 2.73. The molecule has 0 bridgehead atoms. The number of anilines is 3. The summed E-state index contributed by atoms with van der Waals surface area (Å²) in [5.74, 6) is -2.29. The summed E-state index contributed by atoms with van der Waals surface area (Å²) >= 11 is 0. The third-order valence-corrected chi connectivity index (χ3v) is 6.58. The Labute approximate surface area is 206 Å². The number of aromatic nitrogens is 1. The molecular weight excluding hydrogens is 466 g/mol. The Morgan fingerprint density at radius 1 is 1.14 bits per heavy atom. The lowest BCUT2D eigenvalue weighted by Gasteiger charge is -2.37. The number of ketones is 1. The molecule has 3 aromatic rings. The molecule has 5 rings (SSSR count). The van der Waals surface area contributed by atoms with Gasteiger partial charge in [-0.1, -0.05) is 6.07 Å². The fourth-order valence-electron chi connectivity index (χ4n) is 4.61. The van der Waals surface area contributed by atoms with Crippen molar-refractivity contribution < 1.29 is 23.2 Å². The van der Waals surface area contributed by atoms with E-state index in [-0.39, 0.29) is 36.7 Å². The molecule has 7 nitrogen and oxygen atoms in total. The summed E-state index contributed by atoms with van der Waals surface area (Å²) in [6, 6.07) is 12.7. The molecule has 2 aromatic carbocycles. The molecular formula is C27H24F2N4O3. The number of hydrogen-bond acceptors (Lipinski definition) is 5. The first-order valence-electron chi connectivity index (χ1n) is 11.6. The van der Waals surface area contributed by atoms with Gasteiger partial charge in [0, 0.05) is 34.3 Å². The molecule has 0 spiro atoms. The minimum atomic E-state index is -0.991. The number of fused-ring (bicyclic) bond motifs is 3. The van der Waals surface area contributed by atoms with E-state index in [9.17, 15) is 18.8 Å². The Balaban J connectivity index is 1.53. The molecule has 9 heteroatoms. The van der Waals surface area contributed by atoms with Crippen LogP contribution in [0, 0.1) is 5.82 Å². The topological polar surface area (TPSA) is 82.6 Å². The molecule has 2 aliphatic rings. The molecule has 2 aliphatic heterocycles. The molecule has 0 saturated carbocycles. The van der Waals surface area contributed by atoms with Crippen molar-refractivity contribution in [2.45, 2.75) is 25.9 Å². The number of nitrogens with one attached hydrogen (secondary N) is 1. The summed E-state index contributed by atoms with van der Waals surface area (Å²) in [6.07, 6.45) is 0.554. The summed E-state index contributed by atoms with van der Waals surface area (Å²) < 4.78 is 29.1. The first-order valence-corrected chi connectivity index (χ1v) is 11.6. The van der Waals surface area contributed by atoms with Crippen molar-refractivity contribution in [1.29, 1.82) is 0 Å². The zero-order valence-corrected chi connectivity index (χ0v) is 19.8. The molecule has 2 amide bonds. The SMILES string of the molecule is CC(=O)c1ccc(NC(=O)CN2C(=O)C(C)c3ncccc3-c3c(F)cc(N4CC(F)C4)cc32)cc1. The molecule has 184 valence electrons. The second-order valence-electron chi connectivity index (χ2n) is 9.09. The number of Topliss-reactive ketones (excluding diaryl/α,β-unsaturated/α-hetero) is 1. The predicted molar refractivity (Wildman–Crippen MR) is 133 cm³/mol. The summed E-state index contributed by atoms with van der Waals surface area (Å²) in [5.41, 5.74) is 2.72. The lowest BCUT2D eigenvalue weighted by atomic mass is 9.96. The maximum atomic E-state index is 15.6. The van der Waals surface area contributed by atoms with Gasteiger partial charge >= 0.3 is 0 Å². The minimum Gasteiger partial charge on any atom is -0.365 e. The molecule has 1 N–H and O–H groups in total. The van der Waals surface area contributed by atoms with E-state index in [1.165, 1.54) is 17.9 Å². The van der Waals surface area contributed by atoms with Crippen molar-refractivity contribution in [3.05, 3.63) is 71.8 Å². The maximum Gasteiger partial charge on any atom is 0.244 e. The van der Waals surface area contributed by atoms with Gasteiger partial charge in [-0.05, 0) is 56.3 Å². The highest BCUT2D eigenvalue weighted by atomic mass is 19.1. The number of pyridine rings is 1. The fourth-order valence-corrected chi connectivity index (χ4v) is 4.61. The van der Waals surface area contributed by atoms with Gasteiger partial charge in [-0.15, -0.1) is 0 Å². The summed E-state index contributed by atoms with van der Waals surface area (Å²) in [4.78, 5) is 45.4. The van der Waals surface area contributed by atoms with Crippen LogP contribution in [0.4, 0.5) is 25.8 Å². The number of carbonyl (C=O) groups is 3. The third-order valence-electron chi connectivity index (χ3n) is 6.58. The average molecular weight is 491 g/mol. The quantitative estimate of drug-likeness (QED) is 0.538. The van der Waals surface area contributed by atoms with Crippen LogP contribution >= 0.6 is 0 Å². The highest BCUT2D eigenvalue weighted by Gasteiger charge is 2.36. The Hall–Kier alpha value is -4.14. The van der Waals surface area contributed by atoms with E-state index in [2.05, 4.69) is 10.3 Å². The van der Waals surface area contributed by atoms with E-state index in [1.807, 2.05) is 0 Å². The lowest BCUT2D eigenvalue weighted by Crippen LogP contribution is -2.48. The van der Waals surface area contributed by atoms with Crippen LogP contribution in [0.2, 0.25) is 0 Å². The number of nitrogens with zero attached hydrogens (tertiary/aromatic N) is 3. The standard InChI is InChI=1S/C27H24F2N4O3/c1-15-26-21(4-3-9-30-26)25-22(29)10-20(32-12-18(28)13-32)11-23(25)33(27(15)36)14-24(35)31-19-7-5-17(6-8-19)16(2)34/h3-11,15,18H,12-14H2,1-2H3,(H,31,35). The van der Waals surface area contributed by atoms with Gasteiger partial charge in [0.2, 0.25) is 11.8 Å². The van der Waals surface area contributed by atoms with E-state index in [0.717, 1.165) is 0 Å². The van der Waals surface area contributed by atoms with Gasteiger partial charge in [0.05, 0.1) is 30.4 Å². The van der Waals surface area contributed by atoms with Gasteiger partial charge < -0.3 is 15.1 Å². The molecule has 0 radical (unpaired) electrons. The number of benzene rings is 2. The van der Waals surface area contributed by atoms with Gasteiger partial charge in [-0.25, -0.2) is 8.78 Å². The molecule has 1 saturated heterocycles. The largest absolute Gasteiger partial charge is 0.365 e. The van der Waals surface area contributed by atoms with Crippen LogP contribution in [0.3, 0.4) is 0 Å². The molecule has 1 fully saturated rings. The van der Waals surface area contributed by atoms with Crippen LogP contribution < -0.4 is 15.1 Å². The predicted octanol–water partition coefficient (Wildman–Crippen LogP) is 4.34. The number of hydrogen-bond donors (Lipinski definition) is 1. The first kappa shape index (κ1) is 23.6. The van der Waals surface area contributed by atoms with Crippen LogP contribution in [0.5, 0.6) is 0 Å². The van der Waals surface area contributed by atoms with Crippen LogP contribution in [0.25, 0.3) is 11.1 Å². The Morgan fingerprint density at radius 2 is 1.86 bits per heavy atom. The van der Waals surface area contributed by atoms with Crippen LogP contribution in [0.1, 0.15) is 35.8 Å². The minimum absolute atomic E-state index is 0.0964. The van der Waals surface area contributed by atoms with Crippen molar-refractivity contribution in [3.63, 3.8) is 0 Å². The van der Waals surface area contributed by atoms with Gasteiger partial charge in [0.15, 0.2) is 5.78 Å².